The molecule has 0 nitrogen and oxygen atoms in total. The molecule has 0 N–H and O–H groups in total. The molecule has 0 aromatic heterocycles. The van der Waals surface area contributed by atoms with E-state index in [1.165, 1.54) is 32.5 Å². The SMILES string of the molecule is [2H]c1c([2H])c([2H])c(-c2c3ccccc3c(-c3cccc4c3ccc3c(CC)c5ccccc5cc34)c3ccccc23)c([2H])c1[2H]. The Morgan fingerprint density at radius 3 is 1.73 bits per heavy atom. The summed E-state index contributed by atoms with van der Waals surface area (Å²) in [5, 5.41) is 11.0. The van der Waals surface area contributed by atoms with Gasteiger partial charge in [0.1, 0.15) is 0 Å². The second-order valence-electron chi connectivity index (χ2n) is 10.3. The number of hydrogen-bond acceptors (Lipinski definition) is 0. The maximum Gasteiger partial charge on any atom is 0.0629 e. The molecule has 0 atom stereocenters. The molecule has 40 heavy (non-hydrogen) atoms. The summed E-state index contributed by atoms with van der Waals surface area (Å²) in [6.07, 6.45) is 0.941. The number of aryl methyl sites for hydroxylation is 1. The molecule has 0 heteroatoms. The molecule has 0 aliphatic heterocycles. The van der Waals surface area contributed by atoms with Crippen molar-refractivity contribution in [2.45, 2.75) is 13.3 Å². The normalized spacial score (nSPS) is 13.5. The summed E-state index contributed by atoms with van der Waals surface area (Å²) in [6, 6.07) is 36.6. The van der Waals surface area contributed by atoms with Crippen molar-refractivity contribution in [3.05, 3.63) is 145 Å². The van der Waals surface area contributed by atoms with Crippen molar-refractivity contribution in [1.82, 2.24) is 0 Å². The third-order valence-corrected chi connectivity index (χ3v) is 8.32. The number of hydrogen-bond donors (Lipinski definition) is 0. The second-order valence-corrected chi connectivity index (χ2v) is 10.3. The molecule has 0 bridgehead atoms. The first-order chi connectivity index (χ1) is 21.9. The Kier molecular flexibility index (Phi) is 4.16. The van der Waals surface area contributed by atoms with Gasteiger partial charge in [-0.15, -0.1) is 0 Å². The molecule has 0 saturated heterocycles. The van der Waals surface area contributed by atoms with Gasteiger partial charge < -0.3 is 0 Å². The fraction of sp³-hybridized carbons (Fsp3) is 0.0500. The average molecular weight is 514 g/mol. The van der Waals surface area contributed by atoms with Crippen LogP contribution in [0.5, 0.6) is 0 Å². The van der Waals surface area contributed by atoms with Crippen LogP contribution in [0, 0.1) is 0 Å². The zero-order valence-corrected chi connectivity index (χ0v) is 22.1. The lowest BCUT2D eigenvalue weighted by molar-refractivity contribution is 1.18. The minimum atomic E-state index is -0.388. The van der Waals surface area contributed by atoms with Crippen LogP contribution in [0.15, 0.2) is 139 Å². The third-order valence-electron chi connectivity index (χ3n) is 8.32. The van der Waals surface area contributed by atoms with Crippen molar-refractivity contribution in [3.63, 3.8) is 0 Å². The fourth-order valence-electron chi connectivity index (χ4n) is 6.66. The standard InChI is InChI=1S/C40H28/c1-2-28-29-16-7-6-15-27(29)25-38-30-21-12-22-33(32(30)24-23-31(28)38)40-36-19-10-8-17-34(36)39(26-13-4-3-5-14-26)35-18-9-11-20-37(35)40/h3-25H,2H2,1H3/i3D,4D,5D,13D,14D. The van der Waals surface area contributed by atoms with E-state index in [1.807, 2.05) is 36.4 Å². The quantitative estimate of drug-likeness (QED) is 0.163. The van der Waals surface area contributed by atoms with Gasteiger partial charge in [-0.3, -0.25) is 0 Å². The minimum Gasteiger partial charge on any atom is -0.0622 e. The molecular formula is C40H28. The molecule has 0 saturated carbocycles. The van der Waals surface area contributed by atoms with Gasteiger partial charge in [-0.05, 0) is 94.2 Å². The van der Waals surface area contributed by atoms with Gasteiger partial charge in [-0.25, -0.2) is 0 Å². The molecule has 0 amide bonds. The Labute approximate surface area is 241 Å². The topological polar surface area (TPSA) is 0 Å². The molecule has 0 aliphatic rings. The van der Waals surface area contributed by atoms with Gasteiger partial charge in [-0.1, -0.05) is 140 Å². The van der Waals surface area contributed by atoms with E-state index in [9.17, 15) is 0 Å². The highest BCUT2D eigenvalue weighted by Crippen LogP contribution is 2.46. The van der Waals surface area contributed by atoms with Gasteiger partial charge in [0.15, 0.2) is 0 Å². The van der Waals surface area contributed by atoms with E-state index in [0.717, 1.165) is 44.5 Å². The summed E-state index contributed by atoms with van der Waals surface area (Å²) in [5.41, 5.74) is 4.41. The van der Waals surface area contributed by atoms with Crippen LogP contribution in [0.4, 0.5) is 0 Å². The maximum absolute atomic E-state index is 8.84. The van der Waals surface area contributed by atoms with Crippen LogP contribution in [-0.4, -0.2) is 0 Å². The molecule has 0 aliphatic carbocycles. The molecule has 8 aromatic carbocycles. The van der Waals surface area contributed by atoms with Crippen LogP contribution in [0.1, 0.15) is 19.3 Å². The van der Waals surface area contributed by atoms with Crippen molar-refractivity contribution in [2.24, 2.45) is 0 Å². The lowest BCUT2D eigenvalue weighted by Gasteiger charge is -2.19. The van der Waals surface area contributed by atoms with Gasteiger partial charge in [0.25, 0.3) is 0 Å². The van der Waals surface area contributed by atoms with Crippen molar-refractivity contribution >= 4 is 53.9 Å². The largest absolute Gasteiger partial charge is 0.0629 e. The molecule has 0 fully saturated rings. The Bertz CT molecular complexity index is 2440. The summed E-state index contributed by atoms with van der Waals surface area (Å²) >= 11 is 0. The zero-order valence-electron chi connectivity index (χ0n) is 27.1. The molecule has 8 aromatic rings. The third kappa shape index (κ3) is 3.33. The smallest absolute Gasteiger partial charge is 0.0622 e. The summed E-state index contributed by atoms with van der Waals surface area (Å²) in [7, 11) is 0. The number of benzene rings is 8. The first kappa shape index (κ1) is 18.4. The monoisotopic (exact) mass is 513 g/mol. The van der Waals surface area contributed by atoms with E-state index in [1.54, 1.807) is 0 Å². The van der Waals surface area contributed by atoms with Crippen molar-refractivity contribution in [2.75, 3.05) is 0 Å². The maximum atomic E-state index is 8.84. The lowest BCUT2D eigenvalue weighted by Crippen LogP contribution is -1.92. The molecule has 0 spiro atoms. The van der Waals surface area contributed by atoms with Crippen LogP contribution >= 0.6 is 0 Å². The molecule has 188 valence electrons. The predicted octanol–water partition coefficient (Wildman–Crippen LogP) is 11.3. The van der Waals surface area contributed by atoms with Crippen molar-refractivity contribution < 1.29 is 6.85 Å². The average Bonchev–Trinajstić information content (AvgIpc) is 3.08. The number of fused-ring (bicyclic) bond motifs is 6. The Morgan fingerprint density at radius 1 is 0.475 bits per heavy atom. The summed E-state index contributed by atoms with van der Waals surface area (Å²) in [5.74, 6) is 0. The minimum absolute atomic E-state index is 0.195. The molecule has 0 radical (unpaired) electrons. The molecule has 8 rings (SSSR count). The lowest BCUT2D eigenvalue weighted by atomic mass is 9.84. The second kappa shape index (κ2) is 9.07. The van der Waals surface area contributed by atoms with Crippen molar-refractivity contribution in [3.8, 4) is 22.3 Å². The number of rotatable bonds is 3. The summed E-state index contributed by atoms with van der Waals surface area (Å²) in [6.45, 7) is 2.22. The van der Waals surface area contributed by atoms with E-state index in [4.69, 9.17) is 6.85 Å². The Hall–Kier alpha value is -4.94. The van der Waals surface area contributed by atoms with Crippen LogP contribution in [0.25, 0.3) is 76.1 Å². The summed E-state index contributed by atoms with van der Waals surface area (Å²) < 4.78 is 42.7. The Balaban J connectivity index is 1.53. The van der Waals surface area contributed by atoms with Crippen LogP contribution in [-0.2, 0) is 6.42 Å². The van der Waals surface area contributed by atoms with E-state index < -0.39 is 0 Å². The van der Waals surface area contributed by atoms with Gasteiger partial charge in [0.2, 0.25) is 0 Å². The summed E-state index contributed by atoms with van der Waals surface area (Å²) in [4.78, 5) is 0. The van der Waals surface area contributed by atoms with Crippen molar-refractivity contribution in [1.29, 1.82) is 0 Å². The van der Waals surface area contributed by atoms with Gasteiger partial charge >= 0.3 is 0 Å². The first-order valence-electron chi connectivity index (χ1n) is 16.3. The van der Waals surface area contributed by atoms with E-state index >= 15 is 0 Å². The predicted molar refractivity (Wildman–Crippen MR) is 174 cm³/mol. The van der Waals surface area contributed by atoms with E-state index in [0.29, 0.717) is 5.56 Å². The molecule has 0 unspecified atom stereocenters. The van der Waals surface area contributed by atoms with Gasteiger partial charge in [0.05, 0.1) is 6.85 Å². The molecule has 0 heterocycles. The van der Waals surface area contributed by atoms with Crippen LogP contribution in [0.3, 0.4) is 0 Å². The Morgan fingerprint density at radius 2 is 1.05 bits per heavy atom. The highest BCUT2D eigenvalue weighted by atomic mass is 14.2. The van der Waals surface area contributed by atoms with Crippen LogP contribution in [0.2, 0.25) is 0 Å². The highest BCUT2D eigenvalue weighted by Gasteiger charge is 2.18. The molecular weight excluding hydrogens is 480 g/mol. The fourth-order valence-corrected chi connectivity index (χ4v) is 6.66. The zero-order chi connectivity index (χ0) is 31.0. The van der Waals surface area contributed by atoms with Crippen LogP contribution < -0.4 is 0 Å². The first-order valence-corrected chi connectivity index (χ1v) is 13.8. The van der Waals surface area contributed by atoms with Gasteiger partial charge in [0, 0.05) is 0 Å². The van der Waals surface area contributed by atoms with E-state index in [2.05, 4.69) is 79.7 Å². The van der Waals surface area contributed by atoms with E-state index in [-0.39, 0.29) is 35.8 Å². The highest BCUT2D eigenvalue weighted by molar-refractivity contribution is 6.25. The van der Waals surface area contributed by atoms with Gasteiger partial charge in [-0.2, -0.15) is 0 Å².